The van der Waals surface area contributed by atoms with Crippen molar-refractivity contribution in [2.75, 3.05) is 11.9 Å². The number of nitrogens with zero attached hydrogens (tertiary/aromatic N) is 2. The van der Waals surface area contributed by atoms with Gasteiger partial charge in [0.15, 0.2) is 0 Å². The van der Waals surface area contributed by atoms with Crippen LogP contribution < -0.4 is 10.6 Å². The van der Waals surface area contributed by atoms with Gasteiger partial charge in [-0.3, -0.25) is 4.79 Å². The predicted molar refractivity (Wildman–Crippen MR) is 83.5 cm³/mol. The number of hydrogen-bond acceptors (Lipinski definition) is 4. The molecule has 1 aliphatic heterocycles. The lowest BCUT2D eigenvalue weighted by Gasteiger charge is -2.10. The van der Waals surface area contributed by atoms with Crippen LogP contribution in [0.2, 0.25) is 0 Å². The van der Waals surface area contributed by atoms with Crippen LogP contribution in [0.25, 0.3) is 0 Å². The highest BCUT2D eigenvalue weighted by Gasteiger charge is 2.19. The third kappa shape index (κ3) is 2.63. The van der Waals surface area contributed by atoms with Crippen LogP contribution in [0.5, 0.6) is 0 Å². The molecule has 0 unspecified atom stereocenters. The van der Waals surface area contributed by atoms with Gasteiger partial charge in [0.05, 0.1) is 5.56 Å². The Morgan fingerprint density at radius 1 is 1.41 bits per heavy atom. The number of anilines is 1. The van der Waals surface area contributed by atoms with Gasteiger partial charge in [0.2, 0.25) is 0 Å². The Bertz CT molecular complexity index is 777. The minimum Gasteiger partial charge on any atom is -0.370 e. The van der Waals surface area contributed by atoms with Crippen LogP contribution in [-0.2, 0) is 13.0 Å². The summed E-state index contributed by atoms with van der Waals surface area (Å²) in [6.45, 7) is 3.37. The van der Waals surface area contributed by atoms with Gasteiger partial charge in [0, 0.05) is 36.8 Å². The van der Waals surface area contributed by atoms with E-state index in [1.807, 2.05) is 31.2 Å². The molecule has 22 heavy (non-hydrogen) atoms. The Hall–Kier alpha value is -2.87. The third-order valence-electron chi connectivity index (χ3n) is 3.69. The molecule has 110 valence electrons. The molecule has 1 amide bonds. The van der Waals surface area contributed by atoms with Crippen LogP contribution >= 0.6 is 0 Å². The summed E-state index contributed by atoms with van der Waals surface area (Å²) in [6, 6.07) is 9.89. The van der Waals surface area contributed by atoms with Crippen molar-refractivity contribution in [3.8, 4) is 6.07 Å². The SMILES string of the molecule is CCNc1ncc(C#N)cc1Cc1ccc2c(c1)C(=O)NC2. The van der Waals surface area contributed by atoms with E-state index in [0.717, 1.165) is 34.6 Å². The maximum atomic E-state index is 11.8. The zero-order valence-electron chi connectivity index (χ0n) is 12.3. The normalized spacial score (nSPS) is 12.5. The van der Waals surface area contributed by atoms with Gasteiger partial charge < -0.3 is 10.6 Å². The molecule has 0 saturated heterocycles. The van der Waals surface area contributed by atoms with Crippen molar-refractivity contribution in [3.05, 3.63) is 58.3 Å². The quantitative estimate of drug-likeness (QED) is 0.905. The molecule has 2 N–H and O–H groups in total. The fraction of sp³-hybridized carbons (Fsp3) is 0.235. The van der Waals surface area contributed by atoms with Crippen molar-refractivity contribution >= 4 is 11.7 Å². The second kappa shape index (κ2) is 5.86. The number of benzene rings is 1. The lowest BCUT2D eigenvalue weighted by molar-refractivity contribution is 0.0965. The van der Waals surface area contributed by atoms with Crippen LogP contribution in [-0.4, -0.2) is 17.4 Å². The number of hydrogen-bond donors (Lipinski definition) is 2. The van der Waals surface area contributed by atoms with Crippen LogP contribution in [0, 0.1) is 11.3 Å². The zero-order chi connectivity index (χ0) is 15.5. The van der Waals surface area contributed by atoms with Crippen LogP contribution in [0.4, 0.5) is 5.82 Å². The Kier molecular flexibility index (Phi) is 3.75. The number of amides is 1. The van der Waals surface area contributed by atoms with Gasteiger partial charge in [0.25, 0.3) is 5.91 Å². The molecule has 2 aromatic rings. The second-order valence-corrected chi connectivity index (χ2v) is 5.22. The van der Waals surface area contributed by atoms with Crippen LogP contribution in [0.1, 0.15) is 39.5 Å². The van der Waals surface area contributed by atoms with E-state index in [4.69, 9.17) is 5.26 Å². The first-order chi connectivity index (χ1) is 10.7. The summed E-state index contributed by atoms with van der Waals surface area (Å²) < 4.78 is 0. The Labute approximate surface area is 129 Å². The number of fused-ring (bicyclic) bond motifs is 1. The van der Waals surface area contributed by atoms with Crippen LogP contribution in [0.3, 0.4) is 0 Å². The minimum absolute atomic E-state index is 0.0207. The Morgan fingerprint density at radius 3 is 3.05 bits per heavy atom. The number of nitriles is 1. The van der Waals surface area contributed by atoms with Gasteiger partial charge in [-0.1, -0.05) is 12.1 Å². The van der Waals surface area contributed by atoms with E-state index in [2.05, 4.69) is 21.7 Å². The van der Waals surface area contributed by atoms with E-state index < -0.39 is 0 Å². The molecule has 1 aromatic heterocycles. The summed E-state index contributed by atoms with van der Waals surface area (Å²) in [5.41, 5.74) is 4.30. The first-order valence-electron chi connectivity index (χ1n) is 7.24. The summed E-state index contributed by atoms with van der Waals surface area (Å²) in [7, 11) is 0. The maximum Gasteiger partial charge on any atom is 0.251 e. The first kappa shape index (κ1) is 14.1. The molecule has 3 rings (SSSR count). The second-order valence-electron chi connectivity index (χ2n) is 5.22. The highest BCUT2D eigenvalue weighted by Crippen LogP contribution is 2.22. The summed E-state index contributed by atoms with van der Waals surface area (Å²) in [4.78, 5) is 16.1. The van der Waals surface area contributed by atoms with Gasteiger partial charge >= 0.3 is 0 Å². The van der Waals surface area contributed by atoms with Gasteiger partial charge in [-0.15, -0.1) is 0 Å². The van der Waals surface area contributed by atoms with Crippen molar-refractivity contribution in [3.63, 3.8) is 0 Å². The van der Waals surface area contributed by atoms with E-state index in [-0.39, 0.29) is 5.91 Å². The Morgan fingerprint density at radius 2 is 2.27 bits per heavy atom. The van der Waals surface area contributed by atoms with Crippen molar-refractivity contribution in [2.24, 2.45) is 0 Å². The monoisotopic (exact) mass is 292 g/mol. The Balaban J connectivity index is 1.94. The fourth-order valence-electron chi connectivity index (χ4n) is 2.62. The molecule has 0 aliphatic carbocycles. The molecule has 0 fully saturated rings. The zero-order valence-corrected chi connectivity index (χ0v) is 12.3. The molecule has 2 heterocycles. The van der Waals surface area contributed by atoms with E-state index in [1.54, 1.807) is 6.20 Å². The highest BCUT2D eigenvalue weighted by molar-refractivity contribution is 5.98. The van der Waals surface area contributed by atoms with E-state index >= 15 is 0 Å². The summed E-state index contributed by atoms with van der Waals surface area (Å²) in [6.07, 6.45) is 2.20. The molecule has 1 aromatic carbocycles. The van der Waals surface area contributed by atoms with Gasteiger partial charge in [-0.05, 0) is 30.2 Å². The van der Waals surface area contributed by atoms with Crippen molar-refractivity contribution in [1.82, 2.24) is 10.3 Å². The molecule has 5 nitrogen and oxygen atoms in total. The average Bonchev–Trinajstić information content (AvgIpc) is 2.90. The van der Waals surface area contributed by atoms with Crippen LogP contribution in [0.15, 0.2) is 30.5 Å². The van der Waals surface area contributed by atoms with Gasteiger partial charge in [-0.25, -0.2) is 4.98 Å². The number of carbonyl (C=O) groups is 1. The number of carbonyl (C=O) groups excluding carboxylic acids is 1. The number of rotatable bonds is 4. The standard InChI is InChI=1S/C17H16N4O/c1-2-19-16-14(6-12(8-18)9-20-16)5-11-3-4-13-10-21-17(22)15(13)7-11/h3-4,6-7,9H,2,5,10H2,1H3,(H,19,20)(H,21,22). The van der Waals surface area contributed by atoms with E-state index in [1.165, 1.54) is 0 Å². The van der Waals surface area contributed by atoms with Crippen molar-refractivity contribution < 1.29 is 4.79 Å². The third-order valence-corrected chi connectivity index (χ3v) is 3.69. The molecule has 0 spiro atoms. The van der Waals surface area contributed by atoms with Crippen molar-refractivity contribution in [1.29, 1.82) is 5.26 Å². The van der Waals surface area contributed by atoms with Gasteiger partial charge in [-0.2, -0.15) is 5.26 Å². The number of nitrogens with one attached hydrogen (secondary N) is 2. The molecule has 0 radical (unpaired) electrons. The number of pyridine rings is 1. The predicted octanol–water partition coefficient (Wildman–Crippen LogP) is 2.22. The fourth-order valence-corrected chi connectivity index (χ4v) is 2.62. The van der Waals surface area contributed by atoms with Crippen molar-refractivity contribution in [2.45, 2.75) is 19.9 Å². The largest absolute Gasteiger partial charge is 0.370 e. The lowest BCUT2D eigenvalue weighted by Crippen LogP contribution is -2.12. The lowest BCUT2D eigenvalue weighted by atomic mass is 10.00. The molecule has 1 aliphatic rings. The molecule has 0 bridgehead atoms. The molecule has 0 saturated carbocycles. The molecular weight excluding hydrogens is 276 g/mol. The minimum atomic E-state index is -0.0207. The molecule has 5 heteroatoms. The summed E-state index contributed by atoms with van der Waals surface area (Å²) in [5.74, 6) is 0.763. The highest BCUT2D eigenvalue weighted by atomic mass is 16.1. The summed E-state index contributed by atoms with van der Waals surface area (Å²) in [5, 5.41) is 15.1. The molecular formula is C17H16N4O. The average molecular weight is 292 g/mol. The number of aromatic nitrogens is 1. The first-order valence-corrected chi connectivity index (χ1v) is 7.24. The topological polar surface area (TPSA) is 77.8 Å². The molecule has 0 atom stereocenters. The van der Waals surface area contributed by atoms with E-state index in [0.29, 0.717) is 18.5 Å². The maximum absolute atomic E-state index is 11.8. The van der Waals surface area contributed by atoms with Gasteiger partial charge in [0.1, 0.15) is 11.9 Å². The smallest absolute Gasteiger partial charge is 0.251 e. The van der Waals surface area contributed by atoms with E-state index in [9.17, 15) is 4.79 Å². The summed E-state index contributed by atoms with van der Waals surface area (Å²) >= 11 is 0.